The second kappa shape index (κ2) is 7.30. The Kier molecular flexibility index (Phi) is 5.70. The fraction of sp³-hybridized carbons (Fsp3) is 0.625. The van der Waals surface area contributed by atoms with Crippen molar-refractivity contribution in [2.75, 3.05) is 26.7 Å². The van der Waals surface area contributed by atoms with Crippen LogP contribution < -0.4 is 10.5 Å². The molecule has 4 heteroatoms. The van der Waals surface area contributed by atoms with E-state index in [4.69, 9.17) is 22.1 Å². The summed E-state index contributed by atoms with van der Waals surface area (Å²) in [5.41, 5.74) is 7.25. The number of rotatable bonds is 5. The number of piperidine rings is 1. The molecule has 1 aromatic rings. The van der Waals surface area contributed by atoms with Gasteiger partial charge in [-0.2, -0.15) is 0 Å². The van der Waals surface area contributed by atoms with Crippen molar-refractivity contribution in [1.29, 1.82) is 0 Å². The molecule has 1 heterocycles. The van der Waals surface area contributed by atoms with Crippen molar-refractivity contribution in [3.05, 3.63) is 28.8 Å². The summed E-state index contributed by atoms with van der Waals surface area (Å²) in [4.78, 5) is 2.54. The monoisotopic (exact) mass is 296 g/mol. The molecule has 0 amide bonds. The first-order chi connectivity index (χ1) is 9.71. The maximum Gasteiger partial charge on any atom is 0.122 e. The third-order valence-electron chi connectivity index (χ3n) is 4.38. The molecule has 112 valence electrons. The highest BCUT2D eigenvalue weighted by molar-refractivity contribution is 6.30. The molecule has 0 aliphatic carbocycles. The van der Waals surface area contributed by atoms with Crippen LogP contribution in [-0.2, 0) is 0 Å². The van der Waals surface area contributed by atoms with E-state index in [1.807, 2.05) is 18.2 Å². The van der Waals surface area contributed by atoms with Crippen LogP contribution >= 0.6 is 11.6 Å². The summed E-state index contributed by atoms with van der Waals surface area (Å²) in [5.74, 6) is 1.18. The average Bonchev–Trinajstić information content (AvgIpc) is 2.49. The van der Waals surface area contributed by atoms with E-state index in [-0.39, 0.29) is 5.92 Å². The maximum absolute atomic E-state index is 6.17. The zero-order chi connectivity index (χ0) is 14.5. The second-order valence-electron chi connectivity index (χ2n) is 5.42. The van der Waals surface area contributed by atoms with Crippen LogP contribution in [0, 0.1) is 0 Å². The molecule has 2 N–H and O–H groups in total. The van der Waals surface area contributed by atoms with E-state index >= 15 is 0 Å². The zero-order valence-electron chi connectivity index (χ0n) is 12.4. The lowest BCUT2D eigenvalue weighted by Gasteiger charge is -2.40. The lowest BCUT2D eigenvalue weighted by Crippen LogP contribution is -2.45. The van der Waals surface area contributed by atoms with Gasteiger partial charge in [-0.1, -0.05) is 24.9 Å². The quantitative estimate of drug-likeness (QED) is 0.906. The molecule has 0 radical (unpaired) electrons. The van der Waals surface area contributed by atoms with Crippen LogP contribution in [0.2, 0.25) is 5.02 Å². The van der Waals surface area contributed by atoms with E-state index in [9.17, 15) is 0 Å². The van der Waals surface area contributed by atoms with E-state index in [1.165, 1.54) is 25.8 Å². The number of benzene rings is 1. The van der Waals surface area contributed by atoms with Gasteiger partial charge in [0.05, 0.1) is 7.11 Å². The fourth-order valence-electron chi connectivity index (χ4n) is 3.35. The van der Waals surface area contributed by atoms with Gasteiger partial charge in [0.2, 0.25) is 0 Å². The molecule has 1 fully saturated rings. The lowest BCUT2D eigenvalue weighted by molar-refractivity contribution is 0.133. The van der Waals surface area contributed by atoms with Crippen molar-refractivity contribution in [2.24, 2.45) is 5.73 Å². The lowest BCUT2D eigenvalue weighted by atomic mass is 9.84. The van der Waals surface area contributed by atoms with Gasteiger partial charge in [-0.15, -0.1) is 0 Å². The second-order valence-corrected chi connectivity index (χ2v) is 5.86. The van der Waals surface area contributed by atoms with Crippen molar-refractivity contribution >= 4 is 11.6 Å². The van der Waals surface area contributed by atoms with Gasteiger partial charge in [0.25, 0.3) is 0 Å². The Morgan fingerprint density at radius 3 is 2.90 bits per heavy atom. The fourth-order valence-corrected chi connectivity index (χ4v) is 3.53. The Hall–Kier alpha value is -0.770. The summed E-state index contributed by atoms with van der Waals surface area (Å²) in [6, 6.07) is 6.32. The highest BCUT2D eigenvalue weighted by atomic mass is 35.5. The van der Waals surface area contributed by atoms with Gasteiger partial charge >= 0.3 is 0 Å². The number of methoxy groups -OCH3 is 1. The molecule has 1 saturated heterocycles. The van der Waals surface area contributed by atoms with Crippen molar-refractivity contribution in [1.82, 2.24) is 4.90 Å². The topological polar surface area (TPSA) is 38.5 Å². The largest absolute Gasteiger partial charge is 0.496 e. The third-order valence-corrected chi connectivity index (χ3v) is 4.62. The molecule has 1 aliphatic rings. The minimum absolute atomic E-state index is 0.281. The van der Waals surface area contributed by atoms with Crippen molar-refractivity contribution < 1.29 is 4.74 Å². The predicted octanol–water partition coefficient (Wildman–Crippen LogP) is 3.27. The van der Waals surface area contributed by atoms with Gasteiger partial charge in [0, 0.05) is 29.1 Å². The molecular formula is C16H25ClN2O. The van der Waals surface area contributed by atoms with Crippen LogP contribution in [0.15, 0.2) is 18.2 Å². The Morgan fingerprint density at radius 1 is 1.45 bits per heavy atom. The first kappa shape index (κ1) is 15.6. The van der Waals surface area contributed by atoms with E-state index in [2.05, 4.69) is 11.8 Å². The molecule has 2 unspecified atom stereocenters. The highest BCUT2D eigenvalue weighted by Crippen LogP contribution is 2.36. The Bertz CT molecular complexity index is 438. The van der Waals surface area contributed by atoms with E-state index < -0.39 is 0 Å². The summed E-state index contributed by atoms with van der Waals surface area (Å²) in [6.07, 6.45) is 3.76. The molecule has 20 heavy (non-hydrogen) atoms. The number of halogens is 1. The first-order valence-electron chi connectivity index (χ1n) is 7.48. The number of nitrogens with two attached hydrogens (primary N) is 1. The van der Waals surface area contributed by atoms with Gasteiger partial charge in [-0.3, -0.25) is 0 Å². The van der Waals surface area contributed by atoms with Gasteiger partial charge in [-0.25, -0.2) is 0 Å². The van der Waals surface area contributed by atoms with Crippen LogP contribution in [0.5, 0.6) is 5.75 Å². The third kappa shape index (κ3) is 3.27. The molecule has 1 aromatic carbocycles. The van der Waals surface area contributed by atoms with Gasteiger partial charge < -0.3 is 15.4 Å². The smallest absolute Gasteiger partial charge is 0.122 e. The molecule has 0 bridgehead atoms. The SMILES string of the molecule is CCN1CCCCC1C(CN)c1cc(Cl)ccc1OC. The normalized spacial score (nSPS) is 21.7. The van der Waals surface area contributed by atoms with Gasteiger partial charge in [0.1, 0.15) is 5.75 Å². The van der Waals surface area contributed by atoms with Crippen LogP contribution in [0.1, 0.15) is 37.7 Å². The molecule has 0 aromatic heterocycles. The van der Waals surface area contributed by atoms with Crippen molar-refractivity contribution in [3.8, 4) is 5.75 Å². The standard InChI is InChI=1S/C16H25ClN2O/c1-3-19-9-5-4-6-15(19)14(11-18)13-10-12(17)7-8-16(13)20-2/h7-8,10,14-15H,3-6,9,11,18H2,1-2H3. The van der Waals surface area contributed by atoms with Crippen molar-refractivity contribution in [3.63, 3.8) is 0 Å². The number of likely N-dealkylation sites (N-methyl/N-ethyl adjacent to an activating group) is 1. The molecule has 2 atom stereocenters. The number of hydrogen-bond donors (Lipinski definition) is 1. The summed E-state index contributed by atoms with van der Waals surface area (Å²) < 4.78 is 5.51. The number of nitrogens with zero attached hydrogens (tertiary/aromatic N) is 1. The van der Waals surface area contributed by atoms with Gasteiger partial charge in [-0.05, 0) is 44.1 Å². The average molecular weight is 297 g/mol. The van der Waals surface area contributed by atoms with Crippen LogP contribution in [0.25, 0.3) is 0 Å². The van der Waals surface area contributed by atoms with E-state index in [0.29, 0.717) is 12.6 Å². The maximum atomic E-state index is 6.17. The van der Waals surface area contributed by atoms with Gasteiger partial charge in [0.15, 0.2) is 0 Å². The predicted molar refractivity (Wildman–Crippen MR) is 84.7 cm³/mol. The number of hydrogen-bond acceptors (Lipinski definition) is 3. The van der Waals surface area contributed by atoms with Crippen molar-refractivity contribution in [2.45, 2.75) is 38.1 Å². The van der Waals surface area contributed by atoms with E-state index in [1.54, 1.807) is 7.11 Å². The first-order valence-corrected chi connectivity index (χ1v) is 7.86. The zero-order valence-corrected chi connectivity index (χ0v) is 13.2. The summed E-state index contributed by atoms with van der Waals surface area (Å²) in [7, 11) is 1.71. The Balaban J connectivity index is 2.33. The molecular weight excluding hydrogens is 272 g/mol. The molecule has 0 spiro atoms. The minimum atomic E-state index is 0.281. The van der Waals surface area contributed by atoms with E-state index in [0.717, 1.165) is 22.9 Å². The molecule has 1 aliphatic heterocycles. The van der Waals surface area contributed by atoms with Crippen LogP contribution in [-0.4, -0.2) is 37.7 Å². The minimum Gasteiger partial charge on any atom is -0.496 e. The number of ether oxygens (including phenoxy) is 1. The molecule has 2 rings (SSSR count). The Morgan fingerprint density at radius 2 is 2.25 bits per heavy atom. The summed E-state index contributed by atoms with van der Waals surface area (Å²) in [5, 5.41) is 0.748. The van der Waals surface area contributed by atoms with Crippen LogP contribution in [0.4, 0.5) is 0 Å². The van der Waals surface area contributed by atoms with Crippen LogP contribution in [0.3, 0.4) is 0 Å². The Labute approximate surface area is 127 Å². The molecule has 0 saturated carbocycles. The number of likely N-dealkylation sites (tertiary alicyclic amines) is 1. The highest BCUT2D eigenvalue weighted by Gasteiger charge is 2.31. The molecule has 3 nitrogen and oxygen atoms in total. The summed E-state index contributed by atoms with van der Waals surface area (Å²) in [6.45, 7) is 5.09. The summed E-state index contributed by atoms with van der Waals surface area (Å²) >= 11 is 6.17.